The second kappa shape index (κ2) is 6.31. The summed E-state index contributed by atoms with van der Waals surface area (Å²) in [6.07, 6.45) is 1.80. The van der Waals surface area contributed by atoms with Crippen LogP contribution in [0, 0.1) is 0 Å². The summed E-state index contributed by atoms with van der Waals surface area (Å²) >= 11 is 0. The maximum atomic E-state index is 10.9. The molecule has 23 heavy (non-hydrogen) atoms. The average Bonchev–Trinajstić information content (AvgIpc) is 3.01. The fourth-order valence-corrected chi connectivity index (χ4v) is 3.50. The predicted octanol–water partition coefficient (Wildman–Crippen LogP) is 1.56. The summed E-state index contributed by atoms with van der Waals surface area (Å²) in [5.74, 6) is -0.415. The number of aliphatic hydroxyl groups is 2. The third-order valence-corrected chi connectivity index (χ3v) is 5.25. The molecule has 2 fully saturated rings. The number of carbonyl (C=O) groups excluding carboxylic acids is 1. The molecule has 2 N–H and O–H groups in total. The van der Waals surface area contributed by atoms with E-state index in [-0.39, 0.29) is 18.8 Å². The summed E-state index contributed by atoms with van der Waals surface area (Å²) in [7, 11) is 0. The summed E-state index contributed by atoms with van der Waals surface area (Å²) in [5, 5.41) is 20.5. The van der Waals surface area contributed by atoms with Crippen LogP contribution in [-0.2, 0) is 19.0 Å². The Hall–Kier alpha value is -0.690. The van der Waals surface area contributed by atoms with Gasteiger partial charge in [0.05, 0.1) is 29.0 Å². The number of esters is 1. The molecule has 6 heteroatoms. The first-order valence-corrected chi connectivity index (χ1v) is 8.36. The molecular weight excluding hydrogens is 300 g/mol. The van der Waals surface area contributed by atoms with Gasteiger partial charge < -0.3 is 24.4 Å². The maximum absolute atomic E-state index is 10.9. The van der Waals surface area contributed by atoms with Crippen molar-refractivity contribution in [3.63, 3.8) is 0 Å². The molecule has 0 unspecified atom stereocenters. The van der Waals surface area contributed by atoms with Gasteiger partial charge in [0.1, 0.15) is 12.7 Å². The molecule has 0 aromatic carbocycles. The van der Waals surface area contributed by atoms with Crippen LogP contribution in [0.15, 0.2) is 0 Å². The maximum Gasteiger partial charge on any atom is 0.302 e. The van der Waals surface area contributed by atoms with Gasteiger partial charge in [-0.1, -0.05) is 0 Å². The minimum absolute atomic E-state index is 0.0670. The molecule has 0 radical (unpaired) electrons. The standard InChI is InChI=1S/C17H30O6/c1-11(18)21-10-12(19)16(4)8-7-14(23-16)17(5)9-6-13(22-17)15(2,3)20/h12-14,19-20H,6-10H2,1-5H3/t12-,13-,14+,16-,17+/m1/s1. The summed E-state index contributed by atoms with van der Waals surface area (Å²) in [6, 6.07) is 0. The summed E-state index contributed by atoms with van der Waals surface area (Å²) in [5.41, 5.74) is -2.10. The lowest BCUT2D eigenvalue weighted by molar-refractivity contribution is -0.195. The van der Waals surface area contributed by atoms with Gasteiger partial charge in [0.15, 0.2) is 0 Å². The molecule has 2 aliphatic rings. The van der Waals surface area contributed by atoms with Crippen LogP contribution in [0.25, 0.3) is 0 Å². The molecule has 2 rings (SSSR count). The van der Waals surface area contributed by atoms with E-state index in [9.17, 15) is 15.0 Å². The topological polar surface area (TPSA) is 85.2 Å². The van der Waals surface area contributed by atoms with Crippen LogP contribution in [-0.4, -0.2) is 57.9 Å². The molecule has 134 valence electrons. The van der Waals surface area contributed by atoms with Gasteiger partial charge in [0.25, 0.3) is 0 Å². The molecule has 0 aliphatic carbocycles. The zero-order valence-corrected chi connectivity index (χ0v) is 14.8. The van der Waals surface area contributed by atoms with Crippen molar-refractivity contribution in [1.82, 2.24) is 0 Å². The molecule has 0 bridgehead atoms. The van der Waals surface area contributed by atoms with Crippen molar-refractivity contribution >= 4 is 5.97 Å². The van der Waals surface area contributed by atoms with Gasteiger partial charge in [0, 0.05) is 6.92 Å². The van der Waals surface area contributed by atoms with Crippen molar-refractivity contribution in [1.29, 1.82) is 0 Å². The highest BCUT2D eigenvalue weighted by atomic mass is 16.6. The lowest BCUT2D eigenvalue weighted by Crippen LogP contribution is -2.47. The van der Waals surface area contributed by atoms with Crippen LogP contribution >= 0.6 is 0 Å². The van der Waals surface area contributed by atoms with Crippen LogP contribution in [0.4, 0.5) is 0 Å². The van der Waals surface area contributed by atoms with Gasteiger partial charge in [-0.15, -0.1) is 0 Å². The van der Waals surface area contributed by atoms with Gasteiger partial charge in [-0.3, -0.25) is 4.79 Å². The fraction of sp³-hybridized carbons (Fsp3) is 0.941. The van der Waals surface area contributed by atoms with E-state index in [1.54, 1.807) is 13.8 Å². The summed E-state index contributed by atoms with van der Waals surface area (Å²) < 4.78 is 17.2. The number of hydrogen-bond donors (Lipinski definition) is 2. The van der Waals surface area contributed by atoms with Crippen LogP contribution in [0.3, 0.4) is 0 Å². The Bertz CT molecular complexity index is 445. The van der Waals surface area contributed by atoms with Gasteiger partial charge in [0.2, 0.25) is 0 Å². The fourth-order valence-electron chi connectivity index (χ4n) is 3.50. The van der Waals surface area contributed by atoms with E-state index in [0.29, 0.717) is 6.42 Å². The first-order chi connectivity index (χ1) is 10.5. The molecular formula is C17H30O6. The van der Waals surface area contributed by atoms with E-state index in [0.717, 1.165) is 19.3 Å². The van der Waals surface area contributed by atoms with Crippen LogP contribution in [0.1, 0.15) is 60.3 Å². The molecule has 0 saturated carbocycles. The smallest absolute Gasteiger partial charge is 0.302 e. The Morgan fingerprint density at radius 1 is 1.30 bits per heavy atom. The quantitative estimate of drug-likeness (QED) is 0.744. The molecule has 2 aliphatic heterocycles. The number of aliphatic hydroxyl groups excluding tert-OH is 1. The van der Waals surface area contributed by atoms with E-state index in [2.05, 4.69) is 0 Å². The first-order valence-electron chi connectivity index (χ1n) is 8.36. The van der Waals surface area contributed by atoms with E-state index in [4.69, 9.17) is 14.2 Å². The Morgan fingerprint density at radius 2 is 1.96 bits per heavy atom. The molecule has 0 aromatic rings. The van der Waals surface area contributed by atoms with E-state index < -0.39 is 28.9 Å². The third-order valence-electron chi connectivity index (χ3n) is 5.25. The molecule has 2 saturated heterocycles. The highest BCUT2D eigenvalue weighted by Gasteiger charge is 2.53. The van der Waals surface area contributed by atoms with Crippen LogP contribution in [0.5, 0.6) is 0 Å². The third kappa shape index (κ3) is 4.05. The van der Waals surface area contributed by atoms with E-state index >= 15 is 0 Å². The normalized spacial score (nSPS) is 39.4. The Balaban J connectivity index is 1.98. The van der Waals surface area contributed by atoms with Crippen molar-refractivity contribution in [2.75, 3.05) is 6.61 Å². The minimum Gasteiger partial charge on any atom is -0.463 e. The highest BCUT2D eigenvalue weighted by molar-refractivity contribution is 5.65. The number of hydrogen-bond acceptors (Lipinski definition) is 6. The zero-order valence-electron chi connectivity index (χ0n) is 14.8. The largest absolute Gasteiger partial charge is 0.463 e. The van der Waals surface area contributed by atoms with Gasteiger partial charge >= 0.3 is 5.97 Å². The lowest BCUT2D eigenvalue weighted by Gasteiger charge is -2.36. The molecule has 5 atom stereocenters. The van der Waals surface area contributed by atoms with Crippen molar-refractivity contribution in [3.8, 4) is 0 Å². The molecule has 0 amide bonds. The van der Waals surface area contributed by atoms with Gasteiger partial charge in [-0.05, 0) is 53.4 Å². The first kappa shape index (κ1) is 18.6. The number of ether oxygens (including phenoxy) is 3. The van der Waals surface area contributed by atoms with Crippen molar-refractivity contribution in [2.24, 2.45) is 0 Å². The Morgan fingerprint density at radius 3 is 2.48 bits per heavy atom. The zero-order chi connectivity index (χ0) is 17.5. The molecule has 6 nitrogen and oxygen atoms in total. The number of rotatable bonds is 5. The van der Waals surface area contributed by atoms with Gasteiger partial charge in [-0.2, -0.15) is 0 Å². The monoisotopic (exact) mass is 330 g/mol. The summed E-state index contributed by atoms with van der Waals surface area (Å²) in [4.78, 5) is 10.9. The highest BCUT2D eigenvalue weighted by Crippen LogP contribution is 2.45. The number of carbonyl (C=O) groups is 1. The predicted molar refractivity (Wildman–Crippen MR) is 84.0 cm³/mol. The summed E-state index contributed by atoms with van der Waals surface area (Å²) in [6.45, 7) is 8.61. The SMILES string of the molecule is CC(=O)OC[C@@H](O)[C@@]1(C)CC[C@@H]([C@]2(C)CC[C@H](C(C)(C)O)O2)O1. The lowest BCUT2D eigenvalue weighted by atomic mass is 9.90. The molecule has 0 aromatic heterocycles. The van der Waals surface area contributed by atoms with E-state index in [1.807, 2.05) is 13.8 Å². The van der Waals surface area contributed by atoms with Crippen LogP contribution < -0.4 is 0 Å². The molecule has 0 spiro atoms. The van der Waals surface area contributed by atoms with E-state index in [1.165, 1.54) is 6.92 Å². The second-order valence-corrected chi connectivity index (χ2v) is 7.89. The van der Waals surface area contributed by atoms with Crippen molar-refractivity contribution in [3.05, 3.63) is 0 Å². The van der Waals surface area contributed by atoms with Crippen LogP contribution in [0.2, 0.25) is 0 Å². The Kier molecular flexibility index (Phi) is 5.12. The second-order valence-electron chi connectivity index (χ2n) is 7.89. The minimum atomic E-state index is -0.880. The average molecular weight is 330 g/mol. The van der Waals surface area contributed by atoms with Gasteiger partial charge in [-0.25, -0.2) is 0 Å². The van der Waals surface area contributed by atoms with Crippen molar-refractivity contribution in [2.45, 2.75) is 95.4 Å². The Labute approximate surface area is 138 Å². The molecule has 2 heterocycles. The van der Waals surface area contributed by atoms with Crippen molar-refractivity contribution < 1.29 is 29.2 Å².